The lowest BCUT2D eigenvalue weighted by molar-refractivity contribution is -1.92. The second kappa shape index (κ2) is 7.31. The molecule has 1 aromatic heterocycles. The van der Waals surface area contributed by atoms with Crippen molar-refractivity contribution < 1.29 is 28.9 Å². The Labute approximate surface area is 108 Å². The van der Waals surface area contributed by atoms with Crippen molar-refractivity contribution in [2.75, 3.05) is 0 Å². The molecular formula is C8H13ClINO4. The highest BCUT2D eigenvalue weighted by atomic mass is 127. The Balaban J connectivity index is 0. The summed E-state index contributed by atoms with van der Waals surface area (Å²) in [7, 11) is -4.69. The Hall–Kier alpha value is 0.01000. The molecule has 0 aliphatic heterocycles. The van der Waals surface area contributed by atoms with Crippen LogP contribution in [0.2, 0.25) is 0 Å². The summed E-state index contributed by atoms with van der Waals surface area (Å²) in [5, 5.41) is 0. The molecule has 1 heterocycles. The van der Waals surface area contributed by atoms with E-state index in [-0.39, 0.29) is 24.0 Å². The first-order valence-electron chi connectivity index (χ1n) is 3.73. The molecule has 0 spiro atoms. The number of pyridine rings is 1. The van der Waals surface area contributed by atoms with E-state index >= 15 is 0 Å². The monoisotopic (exact) mass is 349 g/mol. The first kappa shape index (κ1) is 17.4. The zero-order valence-electron chi connectivity index (χ0n) is 8.56. The van der Waals surface area contributed by atoms with E-state index in [1.807, 2.05) is 13.8 Å². The molecule has 1 aromatic rings. The minimum atomic E-state index is -4.69. The average Bonchev–Trinajstić information content (AvgIpc) is 1.77. The highest BCUT2D eigenvalue weighted by Crippen LogP contribution is 2.01. The largest absolute Gasteiger partial charge is 0.258 e. The maximum Gasteiger partial charge on any atom is 0.0777 e. The van der Waals surface area contributed by atoms with Gasteiger partial charge >= 0.3 is 0 Å². The van der Waals surface area contributed by atoms with Gasteiger partial charge in [0.1, 0.15) is 0 Å². The van der Waals surface area contributed by atoms with Gasteiger partial charge in [0.05, 0.1) is 14.9 Å². The Kier molecular flexibility index (Phi) is 8.48. The molecule has 0 aliphatic carbocycles. The molecule has 0 radical (unpaired) electrons. The van der Waals surface area contributed by atoms with Crippen molar-refractivity contribution in [1.29, 1.82) is 0 Å². The number of nitrogens with zero attached hydrogens (tertiary/aromatic N) is 1. The molecule has 0 aromatic carbocycles. The van der Waals surface area contributed by atoms with Gasteiger partial charge in [0.25, 0.3) is 0 Å². The number of hydrogen-bond donors (Lipinski definition) is 1. The summed E-state index contributed by atoms with van der Waals surface area (Å²) in [6, 6.07) is 4.15. The van der Waals surface area contributed by atoms with Crippen molar-refractivity contribution in [1.82, 2.24) is 4.98 Å². The van der Waals surface area contributed by atoms with Crippen LogP contribution in [0.25, 0.3) is 0 Å². The third-order valence-corrected chi connectivity index (χ3v) is 1.23. The van der Waals surface area contributed by atoms with Crippen molar-refractivity contribution in [3.8, 4) is 0 Å². The summed E-state index contributed by atoms with van der Waals surface area (Å²) < 4.78 is 32.7. The highest BCUT2D eigenvalue weighted by molar-refractivity contribution is 14.0. The lowest BCUT2D eigenvalue weighted by Gasteiger charge is -2.03. The molecule has 0 amide bonds. The van der Waals surface area contributed by atoms with Crippen LogP contribution in [0.5, 0.6) is 0 Å². The minimum absolute atomic E-state index is 0. The quantitative estimate of drug-likeness (QED) is 0.574. The SMILES string of the molecule is Cc1cc(C)nc(C)c1.I.[O-][Cl+3]([O-])([O-])O. The van der Waals surface area contributed by atoms with Gasteiger partial charge in [0, 0.05) is 11.4 Å². The third kappa shape index (κ3) is 14.0. The van der Waals surface area contributed by atoms with Gasteiger partial charge in [-0.2, -0.15) is 14.0 Å². The van der Waals surface area contributed by atoms with Crippen molar-refractivity contribution in [2.24, 2.45) is 0 Å². The summed E-state index contributed by atoms with van der Waals surface area (Å²) in [5.41, 5.74) is 3.50. The molecule has 0 unspecified atom stereocenters. The van der Waals surface area contributed by atoms with Gasteiger partial charge in [-0.15, -0.1) is 24.0 Å². The van der Waals surface area contributed by atoms with Gasteiger partial charge in [-0.25, -0.2) is 0 Å². The van der Waals surface area contributed by atoms with E-state index in [4.69, 9.17) is 18.6 Å². The number of aryl methyl sites for hydroxylation is 3. The normalized spacial score (nSPS) is 9.80. The summed E-state index contributed by atoms with van der Waals surface area (Å²) in [4.78, 5) is 4.23. The van der Waals surface area contributed by atoms with E-state index in [1.165, 1.54) is 5.56 Å². The van der Waals surface area contributed by atoms with Gasteiger partial charge in [-0.3, -0.25) is 4.98 Å². The van der Waals surface area contributed by atoms with Crippen molar-refractivity contribution in [2.45, 2.75) is 20.8 Å². The number of rotatable bonds is 0. The highest BCUT2D eigenvalue weighted by Gasteiger charge is 1.98. The number of halogens is 2. The number of aromatic nitrogens is 1. The van der Waals surface area contributed by atoms with E-state index in [1.54, 1.807) is 0 Å². The predicted octanol–water partition coefficient (Wildman–Crippen LogP) is -1.50. The lowest BCUT2D eigenvalue weighted by Crippen LogP contribution is -2.58. The van der Waals surface area contributed by atoms with Crippen LogP contribution in [0.3, 0.4) is 0 Å². The Morgan fingerprint density at radius 1 is 1.07 bits per heavy atom. The zero-order valence-corrected chi connectivity index (χ0v) is 11.6. The molecule has 0 saturated carbocycles. The fourth-order valence-corrected chi connectivity index (χ4v) is 1.04. The van der Waals surface area contributed by atoms with E-state index in [0.29, 0.717) is 0 Å². The zero-order chi connectivity index (χ0) is 11.4. The Morgan fingerprint density at radius 2 is 1.33 bits per heavy atom. The summed E-state index contributed by atoms with van der Waals surface area (Å²) in [6.07, 6.45) is 0. The van der Waals surface area contributed by atoms with Gasteiger partial charge in [0.2, 0.25) is 0 Å². The smallest absolute Gasteiger partial charge is 0.0777 e. The van der Waals surface area contributed by atoms with E-state index < -0.39 is 10.2 Å². The summed E-state index contributed by atoms with van der Waals surface area (Å²) >= 11 is 0. The molecule has 0 saturated heterocycles. The van der Waals surface area contributed by atoms with Crippen LogP contribution < -0.4 is 14.0 Å². The minimum Gasteiger partial charge on any atom is -0.258 e. The first-order chi connectivity index (χ1) is 6.18. The molecule has 0 fully saturated rings. The van der Waals surface area contributed by atoms with Crippen LogP contribution in [-0.2, 0) is 0 Å². The second-order valence-electron chi connectivity index (χ2n) is 2.82. The first-order valence-corrected chi connectivity index (χ1v) is 5.00. The lowest BCUT2D eigenvalue weighted by atomic mass is 10.2. The molecule has 1 N–H and O–H groups in total. The second-order valence-corrected chi connectivity index (χ2v) is 3.62. The van der Waals surface area contributed by atoms with Crippen LogP contribution >= 0.6 is 24.0 Å². The van der Waals surface area contributed by atoms with Gasteiger partial charge in [-0.1, -0.05) is 0 Å². The van der Waals surface area contributed by atoms with E-state index in [2.05, 4.69) is 24.0 Å². The average molecular weight is 350 g/mol. The van der Waals surface area contributed by atoms with Gasteiger partial charge in [0.15, 0.2) is 0 Å². The Morgan fingerprint density at radius 3 is 1.53 bits per heavy atom. The molecule has 0 bridgehead atoms. The van der Waals surface area contributed by atoms with Crippen LogP contribution in [0, 0.1) is 31.0 Å². The van der Waals surface area contributed by atoms with Crippen LogP contribution in [-0.4, -0.2) is 9.64 Å². The molecule has 1 rings (SSSR count). The van der Waals surface area contributed by atoms with Crippen molar-refractivity contribution in [3.05, 3.63) is 29.1 Å². The number of hydrogen-bond acceptors (Lipinski definition) is 5. The van der Waals surface area contributed by atoms with E-state index in [9.17, 15) is 0 Å². The predicted molar refractivity (Wildman–Crippen MR) is 56.1 cm³/mol. The van der Waals surface area contributed by atoms with Gasteiger partial charge in [-0.05, 0) is 38.5 Å². The molecular weight excluding hydrogens is 336 g/mol. The van der Waals surface area contributed by atoms with E-state index in [0.717, 1.165) is 11.4 Å². The fraction of sp³-hybridized carbons (Fsp3) is 0.375. The topological polar surface area (TPSA) is 102 Å². The third-order valence-electron chi connectivity index (χ3n) is 1.23. The maximum absolute atomic E-state index is 8.60. The summed E-state index contributed by atoms with van der Waals surface area (Å²) in [5.74, 6) is 0. The van der Waals surface area contributed by atoms with Crippen LogP contribution in [0.4, 0.5) is 0 Å². The fourth-order valence-electron chi connectivity index (χ4n) is 1.04. The molecule has 15 heavy (non-hydrogen) atoms. The van der Waals surface area contributed by atoms with Crippen LogP contribution in [0.15, 0.2) is 12.1 Å². The molecule has 5 nitrogen and oxygen atoms in total. The Bertz CT molecular complexity index is 247. The standard InChI is InChI=1S/C8H11N.ClHO4.HI/c1-6-4-7(2)9-8(3)5-6;2-1(3,4)5;/h4-5H,1-3H3;(H,2,3,4,5);1H. The molecule has 7 heteroatoms. The van der Waals surface area contributed by atoms with Crippen LogP contribution in [0.1, 0.15) is 17.0 Å². The van der Waals surface area contributed by atoms with Gasteiger partial charge < -0.3 is 0 Å². The molecule has 0 atom stereocenters. The van der Waals surface area contributed by atoms with Crippen molar-refractivity contribution in [3.63, 3.8) is 0 Å². The summed E-state index contributed by atoms with van der Waals surface area (Å²) in [6.45, 7) is 6.11. The maximum atomic E-state index is 8.60. The van der Waals surface area contributed by atoms with Crippen molar-refractivity contribution >= 4 is 24.0 Å². The molecule has 0 aliphatic rings. The molecule has 88 valence electrons.